The summed E-state index contributed by atoms with van der Waals surface area (Å²) in [6.45, 7) is 3.54. The van der Waals surface area contributed by atoms with Crippen LogP contribution < -0.4 is 9.47 Å². The number of fused-ring (bicyclic) bond motifs is 1. The molecule has 0 N–H and O–H groups in total. The summed E-state index contributed by atoms with van der Waals surface area (Å²) in [4.78, 5) is 14.7. The number of ether oxygens (including phenoxy) is 2. The van der Waals surface area contributed by atoms with E-state index in [4.69, 9.17) is 21.1 Å². The lowest BCUT2D eigenvalue weighted by atomic mass is 10.0. The van der Waals surface area contributed by atoms with Gasteiger partial charge in [-0.1, -0.05) is 11.6 Å². The minimum Gasteiger partial charge on any atom is -0.454 e. The molecule has 1 fully saturated rings. The third-order valence-electron chi connectivity index (χ3n) is 4.46. The molecule has 2 aliphatic rings. The maximum Gasteiger partial charge on any atom is 0.254 e. The van der Waals surface area contributed by atoms with E-state index in [-0.39, 0.29) is 18.7 Å². The fourth-order valence-corrected chi connectivity index (χ4v) is 3.53. The molecule has 0 saturated carbocycles. The molecular formula is C17H18ClN3O3. The van der Waals surface area contributed by atoms with Crippen molar-refractivity contribution >= 4 is 17.5 Å². The summed E-state index contributed by atoms with van der Waals surface area (Å²) < 4.78 is 12.6. The van der Waals surface area contributed by atoms with Crippen molar-refractivity contribution in [2.24, 2.45) is 0 Å². The van der Waals surface area contributed by atoms with Gasteiger partial charge in [-0.05, 0) is 37.5 Å². The van der Waals surface area contributed by atoms with E-state index in [0.717, 1.165) is 24.9 Å². The number of halogens is 1. The highest BCUT2D eigenvalue weighted by Crippen LogP contribution is 2.40. The van der Waals surface area contributed by atoms with Gasteiger partial charge in [-0.2, -0.15) is 5.10 Å². The number of hydrogen-bond acceptors (Lipinski definition) is 4. The monoisotopic (exact) mass is 347 g/mol. The van der Waals surface area contributed by atoms with Crippen molar-refractivity contribution in [3.63, 3.8) is 0 Å². The first-order valence-corrected chi connectivity index (χ1v) is 8.39. The number of hydrogen-bond donors (Lipinski definition) is 0. The van der Waals surface area contributed by atoms with Gasteiger partial charge < -0.3 is 14.4 Å². The van der Waals surface area contributed by atoms with E-state index < -0.39 is 0 Å². The quantitative estimate of drug-likeness (QED) is 0.837. The molecule has 1 aromatic heterocycles. The Morgan fingerprint density at radius 1 is 1.38 bits per heavy atom. The van der Waals surface area contributed by atoms with Crippen LogP contribution in [0.25, 0.3) is 0 Å². The van der Waals surface area contributed by atoms with Gasteiger partial charge in [0.25, 0.3) is 5.91 Å². The highest BCUT2D eigenvalue weighted by Gasteiger charge is 2.28. The second kappa shape index (κ2) is 6.02. The van der Waals surface area contributed by atoms with Crippen LogP contribution in [-0.2, 0) is 0 Å². The second-order valence-electron chi connectivity index (χ2n) is 6.24. The zero-order chi connectivity index (χ0) is 16.7. The van der Waals surface area contributed by atoms with Crippen LogP contribution >= 0.6 is 11.6 Å². The Kier molecular flexibility index (Phi) is 3.84. The molecule has 2 aliphatic heterocycles. The number of carbonyl (C=O) groups excluding carboxylic acids is 1. The summed E-state index contributed by atoms with van der Waals surface area (Å²) in [5.74, 6) is 1.00. The highest BCUT2D eigenvalue weighted by atomic mass is 35.5. The first-order valence-electron chi connectivity index (χ1n) is 8.01. The number of nitrogens with zero attached hydrogens (tertiary/aromatic N) is 3. The van der Waals surface area contributed by atoms with E-state index in [1.54, 1.807) is 12.1 Å². The van der Waals surface area contributed by atoms with Gasteiger partial charge in [0.15, 0.2) is 11.5 Å². The normalized spacial score (nSPS) is 19.6. The standard InChI is InChI=1S/C17H18ClN3O3/c1-11-7-19-21(8-11)13-3-2-4-20(9-13)17(22)12-5-14(18)16-15(6-12)23-10-24-16/h5-8,13H,2-4,9-10H2,1H3/t13-/m0/s1. The van der Waals surface area contributed by atoms with E-state index in [1.807, 2.05) is 28.9 Å². The molecule has 1 amide bonds. The predicted molar refractivity (Wildman–Crippen MR) is 88.7 cm³/mol. The van der Waals surface area contributed by atoms with Crippen molar-refractivity contribution in [2.75, 3.05) is 19.9 Å². The predicted octanol–water partition coefficient (Wildman–Crippen LogP) is 3.05. The molecule has 0 radical (unpaired) electrons. The Morgan fingerprint density at radius 3 is 3.04 bits per heavy atom. The van der Waals surface area contributed by atoms with Gasteiger partial charge in [-0.25, -0.2) is 0 Å². The van der Waals surface area contributed by atoms with Gasteiger partial charge in [-0.15, -0.1) is 0 Å². The maximum absolute atomic E-state index is 12.9. The summed E-state index contributed by atoms with van der Waals surface area (Å²) >= 11 is 6.20. The molecular weight excluding hydrogens is 330 g/mol. The minimum absolute atomic E-state index is 0.0382. The van der Waals surface area contributed by atoms with Gasteiger partial charge in [0.05, 0.1) is 17.3 Å². The largest absolute Gasteiger partial charge is 0.454 e. The molecule has 1 saturated heterocycles. The van der Waals surface area contributed by atoms with Crippen LogP contribution in [-0.4, -0.2) is 40.5 Å². The van der Waals surface area contributed by atoms with E-state index in [0.29, 0.717) is 28.6 Å². The van der Waals surface area contributed by atoms with E-state index in [2.05, 4.69) is 5.10 Å². The molecule has 4 rings (SSSR count). The van der Waals surface area contributed by atoms with Crippen LogP contribution in [0.2, 0.25) is 5.02 Å². The van der Waals surface area contributed by atoms with Crippen LogP contribution in [0.15, 0.2) is 24.5 Å². The van der Waals surface area contributed by atoms with E-state index in [9.17, 15) is 4.79 Å². The van der Waals surface area contributed by atoms with Crippen molar-refractivity contribution in [2.45, 2.75) is 25.8 Å². The van der Waals surface area contributed by atoms with Gasteiger partial charge in [-0.3, -0.25) is 9.48 Å². The van der Waals surface area contributed by atoms with Crippen molar-refractivity contribution in [1.82, 2.24) is 14.7 Å². The Bertz CT molecular complexity index is 789. The molecule has 1 aromatic carbocycles. The molecule has 7 heteroatoms. The molecule has 0 aliphatic carbocycles. The number of piperidine rings is 1. The molecule has 0 unspecified atom stereocenters. The van der Waals surface area contributed by atoms with Crippen LogP contribution in [0.3, 0.4) is 0 Å². The Labute approximate surface area is 144 Å². The smallest absolute Gasteiger partial charge is 0.254 e. The SMILES string of the molecule is Cc1cnn([C@H]2CCCN(C(=O)c3cc(Cl)c4c(c3)OCO4)C2)c1. The fraction of sp³-hybridized carbons (Fsp3) is 0.412. The van der Waals surface area contributed by atoms with Crippen molar-refractivity contribution < 1.29 is 14.3 Å². The number of benzene rings is 1. The number of carbonyl (C=O) groups is 1. The zero-order valence-corrected chi connectivity index (χ0v) is 14.1. The lowest BCUT2D eigenvalue weighted by Crippen LogP contribution is -2.40. The minimum atomic E-state index is -0.0382. The fourth-order valence-electron chi connectivity index (χ4n) is 3.26. The van der Waals surface area contributed by atoms with Crippen LogP contribution in [0.4, 0.5) is 0 Å². The Hall–Kier alpha value is -2.21. The van der Waals surface area contributed by atoms with E-state index in [1.165, 1.54) is 0 Å². The summed E-state index contributed by atoms with van der Waals surface area (Å²) in [5, 5.41) is 4.80. The third kappa shape index (κ3) is 2.71. The Morgan fingerprint density at radius 2 is 2.25 bits per heavy atom. The average Bonchev–Trinajstić information content (AvgIpc) is 3.23. The first-order chi connectivity index (χ1) is 11.6. The van der Waals surface area contributed by atoms with Crippen LogP contribution in [0, 0.1) is 6.92 Å². The Balaban J connectivity index is 1.55. The van der Waals surface area contributed by atoms with E-state index >= 15 is 0 Å². The number of likely N-dealkylation sites (tertiary alicyclic amines) is 1. The van der Waals surface area contributed by atoms with Gasteiger partial charge >= 0.3 is 0 Å². The molecule has 3 heterocycles. The first kappa shape index (κ1) is 15.3. The molecule has 24 heavy (non-hydrogen) atoms. The topological polar surface area (TPSA) is 56.6 Å². The molecule has 6 nitrogen and oxygen atoms in total. The lowest BCUT2D eigenvalue weighted by Gasteiger charge is -2.33. The second-order valence-corrected chi connectivity index (χ2v) is 6.64. The van der Waals surface area contributed by atoms with Crippen molar-refractivity contribution in [1.29, 1.82) is 0 Å². The van der Waals surface area contributed by atoms with Crippen LogP contribution in [0.5, 0.6) is 11.5 Å². The van der Waals surface area contributed by atoms with Gasteiger partial charge in [0.1, 0.15) is 0 Å². The number of rotatable bonds is 2. The summed E-state index contributed by atoms with van der Waals surface area (Å²) in [6, 6.07) is 3.57. The highest BCUT2D eigenvalue weighted by molar-refractivity contribution is 6.32. The summed E-state index contributed by atoms with van der Waals surface area (Å²) in [7, 11) is 0. The summed E-state index contributed by atoms with van der Waals surface area (Å²) in [5.41, 5.74) is 1.66. The molecule has 2 aromatic rings. The third-order valence-corrected chi connectivity index (χ3v) is 4.74. The van der Waals surface area contributed by atoms with Gasteiger partial charge in [0, 0.05) is 24.8 Å². The summed E-state index contributed by atoms with van der Waals surface area (Å²) in [6.07, 6.45) is 5.84. The molecule has 0 spiro atoms. The maximum atomic E-state index is 12.9. The van der Waals surface area contributed by atoms with Gasteiger partial charge in [0.2, 0.25) is 6.79 Å². The lowest BCUT2D eigenvalue weighted by molar-refractivity contribution is 0.0672. The zero-order valence-electron chi connectivity index (χ0n) is 13.4. The average molecular weight is 348 g/mol. The number of aromatic nitrogens is 2. The van der Waals surface area contributed by atoms with Crippen molar-refractivity contribution in [3.8, 4) is 11.5 Å². The van der Waals surface area contributed by atoms with Crippen LogP contribution in [0.1, 0.15) is 34.8 Å². The number of amides is 1. The molecule has 126 valence electrons. The number of aryl methyl sites for hydroxylation is 1. The molecule has 0 bridgehead atoms. The van der Waals surface area contributed by atoms with Crippen molar-refractivity contribution in [3.05, 3.63) is 40.7 Å². The molecule has 1 atom stereocenters.